The molecule has 128 valence electrons. The Morgan fingerprint density at radius 3 is 2.04 bits per heavy atom. The van der Waals surface area contributed by atoms with Crippen molar-refractivity contribution >= 4 is 11.8 Å². The third-order valence-corrected chi connectivity index (χ3v) is 6.62. The fourth-order valence-electron chi connectivity index (χ4n) is 6.08. The first kappa shape index (κ1) is 15.4. The summed E-state index contributed by atoms with van der Waals surface area (Å²) >= 11 is 0. The van der Waals surface area contributed by atoms with Gasteiger partial charge in [0.25, 0.3) is 0 Å². The first-order valence-corrected chi connectivity index (χ1v) is 9.28. The van der Waals surface area contributed by atoms with Gasteiger partial charge < -0.3 is 4.74 Å². The van der Waals surface area contributed by atoms with Crippen LogP contribution in [-0.2, 0) is 14.3 Å². The van der Waals surface area contributed by atoms with E-state index in [4.69, 9.17) is 4.74 Å². The fourth-order valence-corrected chi connectivity index (χ4v) is 6.08. The van der Waals surface area contributed by atoms with Crippen molar-refractivity contribution in [2.24, 2.45) is 29.1 Å². The lowest BCUT2D eigenvalue weighted by Crippen LogP contribution is -2.51. The number of hydrogen-bond acceptors (Lipinski definition) is 3. The molecule has 5 nitrogen and oxygen atoms in total. The van der Waals surface area contributed by atoms with Gasteiger partial charge in [0.2, 0.25) is 11.8 Å². The summed E-state index contributed by atoms with van der Waals surface area (Å²) in [7, 11) is 0. The molecule has 4 aliphatic carbocycles. The van der Waals surface area contributed by atoms with E-state index in [1.54, 1.807) is 0 Å². The minimum absolute atomic E-state index is 0.00707. The maximum Gasteiger partial charge on any atom is 0.241 e. The third kappa shape index (κ3) is 3.25. The van der Waals surface area contributed by atoms with E-state index in [1.807, 2.05) is 0 Å². The average molecular weight is 320 g/mol. The van der Waals surface area contributed by atoms with Crippen molar-refractivity contribution < 1.29 is 14.3 Å². The predicted octanol–water partition coefficient (Wildman–Crippen LogP) is 2.17. The van der Waals surface area contributed by atoms with E-state index in [1.165, 1.54) is 38.5 Å². The molecular formula is C18H28N2O3. The summed E-state index contributed by atoms with van der Waals surface area (Å²) in [6.45, 7) is 1.28. The van der Waals surface area contributed by atoms with Gasteiger partial charge in [0.1, 0.15) is 0 Å². The summed E-state index contributed by atoms with van der Waals surface area (Å²) in [6, 6.07) is 0. The van der Waals surface area contributed by atoms with Crippen molar-refractivity contribution in [1.29, 1.82) is 0 Å². The van der Waals surface area contributed by atoms with Gasteiger partial charge in [0.05, 0.1) is 0 Å². The van der Waals surface area contributed by atoms with Gasteiger partial charge in [-0.1, -0.05) is 0 Å². The Morgan fingerprint density at radius 1 is 0.913 bits per heavy atom. The van der Waals surface area contributed by atoms with Crippen molar-refractivity contribution in [1.82, 2.24) is 10.9 Å². The molecule has 0 atom stereocenters. The Kier molecular flexibility index (Phi) is 4.08. The van der Waals surface area contributed by atoms with Gasteiger partial charge in [-0.3, -0.25) is 20.4 Å². The van der Waals surface area contributed by atoms with Crippen LogP contribution in [-0.4, -0.2) is 25.0 Å². The van der Waals surface area contributed by atoms with Crippen molar-refractivity contribution in [2.75, 3.05) is 13.2 Å². The molecule has 0 radical (unpaired) electrons. The van der Waals surface area contributed by atoms with Crippen LogP contribution in [0.25, 0.3) is 0 Å². The number of amides is 2. The molecule has 1 aliphatic heterocycles. The Bertz CT molecular complexity index is 449. The topological polar surface area (TPSA) is 67.4 Å². The number of carbonyl (C=O) groups excluding carboxylic acids is 2. The molecule has 0 aromatic rings. The standard InChI is InChI=1S/C18H28N2O3/c21-16(19-20-17(22)15-1-3-23-4-2-15)11-18-8-12-5-13(9-18)7-14(6-12)10-18/h12-15H,1-11H2,(H,19,21)(H,20,22). The van der Waals surface area contributed by atoms with Crippen LogP contribution in [0.3, 0.4) is 0 Å². The molecule has 4 bridgehead atoms. The monoisotopic (exact) mass is 320 g/mol. The van der Waals surface area contributed by atoms with Crippen LogP contribution in [0.4, 0.5) is 0 Å². The molecule has 0 aromatic heterocycles. The second-order valence-corrected chi connectivity index (χ2v) is 8.52. The zero-order chi connectivity index (χ0) is 15.9. The molecule has 1 heterocycles. The summed E-state index contributed by atoms with van der Waals surface area (Å²) in [6.07, 6.45) is 9.92. The molecule has 2 N–H and O–H groups in total. The molecule has 0 unspecified atom stereocenters. The third-order valence-electron chi connectivity index (χ3n) is 6.62. The van der Waals surface area contributed by atoms with Crippen LogP contribution in [0.15, 0.2) is 0 Å². The largest absolute Gasteiger partial charge is 0.381 e. The Hall–Kier alpha value is -1.10. The Balaban J connectivity index is 1.28. The highest BCUT2D eigenvalue weighted by Crippen LogP contribution is 2.61. The number of nitrogens with one attached hydrogen (secondary N) is 2. The molecule has 5 rings (SSSR count). The summed E-state index contributed by atoms with van der Waals surface area (Å²) in [5.41, 5.74) is 5.54. The maximum atomic E-state index is 12.4. The van der Waals surface area contributed by atoms with E-state index in [2.05, 4.69) is 10.9 Å². The number of carbonyl (C=O) groups is 2. The molecule has 0 aromatic carbocycles. The molecule has 23 heavy (non-hydrogen) atoms. The first-order valence-electron chi connectivity index (χ1n) is 9.28. The quantitative estimate of drug-likeness (QED) is 0.783. The predicted molar refractivity (Wildman–Crippen MR) is 85.1 cm³/mol. The minimum Gasteiger partial charge on any atom is -0.381 e. The molecule has 5 heteroatoms. The molecule has 5 fully saturated rings. The fraction of sp³-hybridized carbons (Fsp3) is 0.889. The SMILES string of the molecule is O=C(CC12CC3CC(CC(C3)C1)C2)NNC(=O)C1CCOCC1. The lowest BCUT2D eigenvalue weighted by molar-refractivity contribution is -0.136. The first-order chi connectivity index (χ1) is 11.1. The van der Waals surface area contributed by atoms with Gasteiger partial charge in [-0.2, -0.15) is 0 Å². The summed E-state index contributed by atoms with van der Waals surface area (Å²) in [5.74, 6) is 2.46. The van der Waals surface area contributed by atoms with E-state index < -0.39 is 0 Å². The van der Waals surface area contributed by atoms with Gasteiger partial charge in [0, 0.05) is 25.6 Å². The summed E-state index contributed by atoms with van der Waals surface area (Å²) in [4.78, 5) is 24.4. The summed E-state index contributed by atoms with van der Waals surface area (Å²) in [5, 5.41) is 0. The summed E-state index contributed by atoms with van der Waals surface area (Å²) < 4.78 is 5.27. The molecule has 4 saturated carbocycles. The van der Waals surface area contributed by atoms with Crippen molar-refractivity contribution in [3.05, 3.63) is 0 Å². The van der Waals surface area contributed by atoms with E-state index >= 15 is 0 Å². The highest BCUT2D eigenvalue weighted by molar-refractivity contribution is 5.83. The van der Waals surface area contributed by atoms with E-state index in [-0.39, 0.29) is 23.1 Å². The smallest absolute Gasteiger partial charge is 0.241 e. The zero-order valence-corrected chi connectivity index (χ0v) is 13.8. The number of hydrazine groups is 1. The molecule has 5 aliphatic rings. The molecule has 0 spiro atoms. The van der Waals surface area contributed by atoms with Crippen LogP contribution >= 0.6 is 0 Å². The number of rotatable bonds is 3. The van der Waals surface area contributed by atoms with Gasteiger partial charge in [0.15, 0.2) is 0 Å². The highest BCUT2D eigenvalue weighted by atomic mass is 16.5. The molecule has 1 saturated heterocycles. The van der Waals surface area contributed by atoms with Crippen LogP contribution < -0.4 is 10.9 Å². The molecule has 2 amide bonds. The lowest BCUT2D eigenvalue weighted by Gasteiger charge is -2.56. The number of hydrogen-bond donors (Lipinski definition) is 2. The van der Waals surface area contributed by atoms with Crippen molar-refractivity contribution in [3.63, 3.8) is 0 Å². The Morgan fingerprint density at radius 2 is 1.48 bits per heavy atom. The van der Waals surface area contributed by atoms with Crippen LogP contribution in [0.2, 0.25) is 0 Å². The van der Waals surface area contributed by atoms with Gasteiger partial charge in [-0.15, -0.1) is 0 Å². The van der Waals surface area contributed by atoms with Gasteiger partial charge >= 0.3 is 0 Å². The van der Waals surface area contributed by atoms with Crippen molar-refractivity contribution in [3.8, 4) is 0 Å². The normalized spacial score (nSPS) is 39.2. The lowest BCUT2D eigenvalue weighted by atomic mass is 9.49. The molecular weight excluding hydrogens is 292 g/mol. The van der Waals surface area contributed by atoms with Gasteiger partial charge in [-0.05, 0) is 74.5 Å². The second-order valence-electron chi connectivity index (χ2n) is 8.52. The van der Waals surface area contributed by atoms with E-state index in [0.717, 1.165) is 30.6 Å². The highest BCUT2D eigenvalue weighted by Gasteiger charge is 2.51. The average Bonchev–Trinajstić information content (AvgIpc) is 2.51. The van der Waals surface area contributed by atoms with Crippen LogP contribution in [0.5, 0.6) is 0 Å². The zero-order valence-electron chi connectivity index (χ0n) is 13.8. The maximum absolute atomic E-state index is 12.4. The van der Waals surface area contributed by atoms with Crippen LogP contribution in [0.1, 0.15) is 57.8 Å². The van der Waals surface area contributed by atoms with Crippen molar-refractivity contribution in [2.45, 2.75) is 57.8 Å². The number of ether oxygens (including phenoxy) is 1. The van der Waals surface area contributed by atoms with Crippen LogP contribution in [0, 0.1) is 29.1 Å². The second kappa shape index (κ2) is 6.08. The van der Waals surface area contributed by atoms with E-state index in [0.29, 0.717) is 19.6 Å². The minimum atomic E-state index is -0.0628. The van der Waals surface area contributed by atoms with Gasteiger partial charge in [-0.25, -0.2) is 0 Å². The van der Waals surface area contributed by atoms with E-state index in [9.17, 15) is 9.59 Å². The Labute approximate surface area is 137 Å².